The summed E-state index contributed by atoms with van der Waals surface area (Å²) < 4.78 is 5.36. The normalized spacial score (nSPS) is 9.67. The third kappa shape index (κ3) is 5.24. The van der Waals surface area contributed by atoms with E-state index in [9.17, 15) is 0 Å². The molecule has 0 aliphatic heterocycles. The Kier molecular flexibility index (Phi) is 5.57. The maximum absolute atomic E-state index is 5.36. The number of thiocarbonyl (C=S) groups is 1. The van der Waals surface area contributed by atoms with Gasteiger partial charge in [-0.1, -0.05) is 0 Å². The van der Waals surface area contributed by atoms with E-state index in [2.05, 4.69) is 20.8 Å². The van der Waals surface area contributed by atoms with Gasteiger partial charge in [0.05, 0.1) is 18.9 Å². The first-order chi connectivity index (χ1) is 7.33. The van der Waals surface area contributed by atoms with Gasteiger partial charge in [-0.05, 0) is 24.4 Å². The fourth-order valence-electron chi connectivity index (χ4n) is 0.912. The standard InChI is InChI=1S/C9H14N4OS/c1-10-9(15)11-5-6-14-7-8-3-2-4-12-13-8/h2-4H,5-7H2,1H3,(H2,10,11,15). The molecule has 0 radical (unpaired) electrons. The van der Waals surface area contributed by atoms with Gasteiger partial charge in [-0.2, -0.15) is 10.2 Å². The van der Waals surface area contributed by atoms with Gasteiger partial charge in [-0.25, -0.2) is 0 Å². The fourth-order valence-corrected chi connectivity index (χ4v) is 1.01. The predicted molar refractivity (Wildman–Crippen MR) is 61.3 cm³/mol. The summed E-state index contributed by atoms with van der Waals surface area (Å²) in [5.74, 6) is 0. The highest BCUT2D eigenvalue weighted by atomic mass is 32.1. The average molecular weight is 226 g/mol. The number of nitrogens with one attached hydrogen (secondary N) is 2. The van der Waals surface area contributed by atoms with Gasteiger partial charge in [0.25, 0.3) is 0 Å². The smallest absolute Gasteiger partial charge is 0.166 e. The van der Waals surface area contributed by atoms with Crippen LogP contribution in [0, 0.1) is 0 Å². The molecule has 82 valence electrons. The molecule has 0 aliphatic rings. The first kappa shape index (κ1) is 11.8. The summed E-state index contributed by atoms with van der Waals surface area (Å²) in [7, 11) is 1.77. The van der Waals surface area contributed by atoms with E-state index in [1.54, 1.807) is 13.2 Å². The van der Waals surface area contributed by atoms with Crippen molar-refractivity contribution in [2.75, 3.05) is 20.2 Å². The van der Waals surface area contributed by atoms with Crippen molar-refractivity contribution in [1.29, 1.82) is 0 Å². The van der Waals surface area contributed by atoms with E-state index in [0.29, 0.717) is 24.9 Å². The Balaban J connectivity index is 2.05. The van der Waals surface area contributed by atoms with Gasteiger partial charge in [-0.15, -0.1) is 0 Å². The Morgan fingerprint density at radius 1 is 1.60 bits per heavy atom. The second-order valence-electron chi connectivity index (χ2n) is 2.77. The molecule has 0 saturated carbocycles. The largest absolute Gasteiger partial charge is 0.373 e. The number of ether oxygens (including phenoxy) is 1. The van der Waals surface area contributed by atoms with Gasteiger partial charge in [-0.3, -0.25) is 0 Å². The molecule has 0 bridgehead atoms. The van der Waals surface area contributed by atoms with E-state index in [1.165, 1.54) is 0 Å². The molecule has 0 amide bonds. The minimum Gasteiger partial charge on any atom is -0.373 e. The molecule has 1 heterocycles. The van der Waals surface area contributed by atoms with Crippen molar-refractivity contribution >= 4 is 17.3 Å². The molecule has 0 spiro atoms. The Hall–Kier alpha value is -1.27. The van der Waals surface area contributed by atoms with E-state index >= 15 is 0 Å². The number of hydrogen-bond acceptors (Lipinski definition) is 4. The van der Waals surface area contributed by atoms with Crippen molar-refractivity contribution in [1.82, 2.24) is 20.8 Å². The Morgan fingerprint density at radius 3 is 3.13 bits per heavy atom. The lowest BCUT2D eigenvalue weighted by Gasteiger charge is -2.06. The molecule has 1 aromatic rings. The van der Waals surface area contributed by atoms with Gasteiger partial charge in [0.15, 0.2) is 5.11 Å². The Labute approximate surface area is 94.2 Å². The molecule has 2 N–H and O–H groups in total. The maximum atomic E-state index is 5.36. The van der Waals surface area contributed by atoms with Gasteiger partial charge < -0.3 is 15.4 Å². The lowest BCUT2D eigenvalue weighted by atomic mass is 10.4. The zero-order valence-corrected chi connectivity index (χ0v) is 9.38. The highest BCUT2D eigenvalue weighted by molar-refractivity contribution is 7.80. The second kappa shape index (κ2) is 7.08. The van der Waals surface area contributed by atoms with Crippen LogP contribution in [0.2, 0.25) is 0 Å². The highest BCUT2D eigenvalue weighted by Gasteiger charge is 1.94. The number of rotatable bonds is 5. The van der Waals surface area contributed by atoms with Crippen LogP contribution in [-0.2, 0) is 11.3 Å². The van der Waals surface area contributed by atoms with Crippen molar-refractivity contribution in [3.63, 3.8) is 0 Å². The molecular formula is C9H14N4OS. The van der Waals surface area contributed by atoms with Crippen LogP contribution in [0.5, 0.6) is 0 Å². The predicted octanol–water partition coefficient (Wildman–Crippen LogP) is 0.0871. The fraction of sp³-hybridized carbons (Fsp3) is 0.444. The number of nitrogens with zero attached hydrogens (tertiary/aromatic N) is 2. The first-order valence-corrected chi connectivity index (χ1v) is 5.03. The maximum Gasteiger partial charge on any atom is 0.166 e. The quantitative estimate of drug-likeness (QED) is 0.548. The van der Waals surface area contributed by atoms with Gasteiger partial charge in [0, 0.05) is 19.8 Å². The SMILES string of the molecule is CNC(=S)NCCOCc1cccnn1. The summed E-state index contributed by atoms with van der Waals surface area (Å²) in [4.78, 5) is 0. The van der Waals surface area contributed by atoms with E-state index in [1.807, 2.05) is 12.1 Å². The van der Waals surface area contributed by atoms with Crippen LogP contribution in [0.1, 0.15) is 5.69 Å². The lowest BCUT2D eigenvalue weighted by Crippen LogP contribution is -2.34. The van der Waals surface area contributed by atoms with Crippen LogP contribution < -0.4 is 10.6 Å². The second-order valence-corrected chi connectivity index (χ2v) is 3.18. The van der Waals surface area contributed by atoms with Gasteiger partial charge >= 0.3 is 0 Å². The first-order valence-electron chi connectivity index (χ1n) is 4.63. The monoisotopic (exact) mass is 226 g/mol. The van der Waals surface area contributed by atoms with Crippen LogP contribution in [0.3, 0.4) is 0 Å². The van der Waals surface area contributed by atoms with E-state index in [0.717, 1.165) is 5.69 Å². The van der Waals surface area contributed by atoms with Crippen molar-refractivity contribution in [2.24, 2.45) is 0 Å². The number of hydrogen-bond donors (Lipinski definition) is 2. The van der Waals surface area contributed by atoms with Crippen LogP contribution in [-0.4, -0.2) is 35.5 Å². The van der Waals surface area contributed by atoms with Crippen LogP contribution in [0.25, 0.3) is 0 Å². The van der Waals surface area contributed by atoms with Crippen LogP contribution >= 0.6 is 12.2 Å². The Morgan fingerprint density at radius 2 is 2.47 bits per heavy atom. The summed E-state index contributed by atoms with van der Waals surface area (Å²) in [6, 6.07) is 3.71. The molecule has 6 heteroatoms. The molecule has 1 rings (SSSR count). The zero-order valence-electron chi connectivity index (χ0n) is 8.56. The van der Waals surface area contributed by atoms with Crippen molar-refractivity contribution < 1.29 is 4.74 Å². The number of aromatic nitrogens is 2. The topological polar surface area (TPSA) is 59.1 Å². The molecule has 0 aliphatic carbocycles. The summed E-state index contributed by atoms with van der Waals surface area (Å²) in [5, 5.41) is 14.1. The van der Waals surface area contributed by atoms with E-state index in [4.69, 9.17) is 17.0 Å². The molecule has 0 fully saturated rings. The molecule has 15 heavy (non-hydrogen) atoms. The van der Waals surface area contributed by atoms with E-state index < -0.39 is 0 Å². The van der Waals surface area contributed by atoms with E-state index in [-0.39, 0.29) is 0 Å². The van der Waals surface area contributed by atoms with Crippen LogP contribution in [0.15, 0.2) is 18.3 Å². The third-order valence-electron chi connectivity index (χ3n) is 1.64. The summed E-state index contributed by atoms with van der Waals surface area (Å²) >= 11 is 4.90. The average Bonchev–Trinajstić information content (AvgIpc) is 2.29. The molecule has 0 saturated heterocycles. The van der Waals surface area contributed by atoms with Gasteiger partial charge in [0.1, 0.15) is 0 Å². The molecule has 0 atom stereocenters. The summed E-state index contributed by atoms with van der Waals surface area (Å²) in [6.07, 6.45) is 1.64. The van der Waals surface area contributed by atoms with Gasteiger partial charge in [0.2, 0.25) is 0 Å². The minimum absolute atomic E-state index is 0.474. The molecule has 1 aromatic heterocycles. The van der Waals surface area contributed by atoms with Crippen molar-refractivity contribution in [2.45, 2.75) is 6.61 Å². The lowest BCUT2D eigenvalue weighted by molar-refractivity contribution is 0.122. The molecule has 5 nitrogen and oxygen atoms in total. The molecular weight excluding hydrogens is 212 g/mol. The third-order valence-corrected chi connectivity index (χ3v) is 1.98. The van der Waals surface area contributed by atoms with Crippen molar-refractivity contribution in [3.8, 4) is 0 Å². The Bertz CT molecular complexity index is 293. The van der Waals surface area contributed by atoms with Crippen molar-refractivity contribution in [3.05, 3.63) is 24.0 Å². The summed E-state index contributed by atoms with van der Waals surface area (Å²) in [6.45, 7) is 1.74. The molecule has 0 aromatic carbocycles. The zero-order chi connectivity index (χ0) is 10.9. The minimum atomic E-state index is 0.474. The highest BCUT2D eigenvalue weighted by Crippen LogP contribution is 1.92. The van der Waals surface area contributed by atoms with Crippen LogP contribution in [0.4, 0.5) is 0 Å². The molecule has 0 unspecified atom stereocenters. The summed E-state index contributed by atoms with van der Waals surface area (Å²) in [5.41, 5.74) is 0.827.